The van der Waals surface area contributed by atoms with E-state index in [9.17, 15) is 0 Å². The molecule has 0 heterocycles. The average Bonchev–Trinajstić information content (AvgIpc) is 2.34. The van der Waals surface area contributed by atoms with Crippen LogP contribution in [0.4, 0.5) is 5.69 Å². The van der Waals surface area contributed by atoms with Gasteiger partial charge in [-0.3, -0.25) is 0 Å². The first-order valence-electron chi connectivity index (χ1n) is 6.28. The lowest BCUT2D eigenvalue weighted by Crippen LogP contribution is -2.19. The van der Waals surface area contributed by atoms with Crippen molar-refractivity contribution in [2.75, 3.05) is 25.5 Å². The summed E-state index contributed by atoms with van der Waals surface area (Å²) in [6.45, 7) is 5.51. The molecule has 1 unspecified atom stereocenters. The second-order valence-electron chi connectivity index (χ2n) is 4.49. The molecule has 0 aromatic heterocycles. The first-order valence-corrected chi connectivity index (χ1v) is 7.07. The van der Waals surface area contributed by atoms with Gasteiger partial charge in [0.15, 0.2) is 0 Å². The number of anilines is 1. The van der Waals surface area contributed by atoms with Gasteiger partial charge in [-0.05, 0) is 38.1 Å². The fraction of sp³-hybridized carbons (Fsp3) is 0.571. The largest absolute Gasteiger partial charge is 0.375 e. The summed E-state index contributed by atoms with van der Waals surface area (Å²) < 4.78 is 1.18. The molecule has 0 bridgehead atoms. The zero-order valence-corrected chi connectivity index (χ0v) is 12.8. The summed E-state index contributed by atoms with van der Waals surface area (Å²) in [5.41, 5.74) is 2.58. The van der Waals surface area contributed by atoms with Gasteiger partial charge in [0, 0.05) is 29.8 Å². The van der Waals surface area contributed by atoms with Crippen LogP contribution >= 0.6 is 15.9 Å². The van der Waals surface area contributed by atoms with Crippen molar-refractivity contribution >= 4 is 21.6 Å². The van der Waals surface area contributed by atoms with Crippen LogP contribution in [0.5, 0.6) is 0 Å². The average molecular weight is 299 g/mol. The van der Waals surface area contributed by atoms with Crippen molar-refractivity contribution in [3.63, 3.8) is 0 Å². The van der Waals surface area contributed by atoms with Crippen LogP contribution in [0.25, 0.3) is 0 Å². The molecule has 1 rings (SSSR count). The quantitative estimate of drug-likeness (QED) is 0.855. The number of nitrogens with zero attached hydrogens (tertiary/aromatic N) is 1. The number of nitrogens with one attached hydrogen (secondary N) is 1. The number of unbranched alkanes of at least 4 members (excludes halogenated alkanes) is 1. The lowest BCUT2D eigenvalue weighted by Gasteiger charge is -2.21. The molecule has 17 heavy (non-hydrogen) atoms. The normalized spacial score (nSPS) is 12.5. The van der Waals surface area contributed by atoms with E-state index < -0.39 is 0 Å². The Hall–Kier alpha value is -0.540. The molecule has 0 aliphatic rings. The van der Waals surface area contributed by atoms with Crippen LogP contribution in [0.1, 0.15) is 38.3 Å². The number of rotatable bonds is 6. The third-order valence-electron chi connectivity index (χ3n) is 3.17. The zero-order valence-electron chi connectivity index (χ0n) is 11.3. The number of halogens is 1. The molecule has 1 aromatic rings. The zero-order chi connectivity index (χ0) is 12.8. The molecule has 0 saturated carbocycles. The van der Waals surface area contributed by atoms with Gasteiger partial charge in [0.1, 0.15) is 0 Å². The van der Waals surface area contributed by atoms with E-state index in [4.69, 9.17) is 0 Å². The SMILES string of the molecule is CCCCN(C)c1ccc(C(C)NC)c(Br)c1. The third kappa shape index (κ3) is 4.00. The van der Waals surface area contributed by atoms with E-state index in [1.165, 1.54) is 28.6 Å². The molecule has 1 atom stereocenters. The standard InChI is InChI=1S/C14H23BrN2/c1-5-6-9-17(4)12-7-8-13(11(2)16-3)14(15)10-12/h7-8,10-11,16H,5-6,9H2,1-4H3. The fourth-order valence-corrected chi connectivity index (χ4v) is 2.49. The second-order valence-corrected chi connectivity index (χ2v) is 5.35. The highest BCUT2D eigenvalue weighted by Gasteiger charge is 2.09. The van der Waals surface area contributed by atoms with Crippen LogP contribution < -0.4 is 10.2 Å². The lowest BCUT2D eigenvalue weighted by molar-refractivity contribution is 0.649. The van der Waals surface area contributed by atoms with Crippen LogP contribution in [0.3, 0.4) is 0 Å². The van der Waals surface area contributed by atoms with E-state index in [0.717, 1.165) is 6.54 Å². The Morgan fingerprint density at radius 1 is 1.41 bits per heavy atom. The summed E-state index contributed by atoms with van der Waals surface area (Å²) >= 11 is 3.66. The number of hydrogen-bond acceptors (Lipinski definition) is 2. The summed E-state index contributed by atoms with van der Waals surface area (Å²) in [5, 5.41) is 3.26. The highest BCUT2D eigenvalue weighted by Crippen LogP contribution is 2.27. The Kier molecular flexibility index (Phi) is 6.00. The molecule has 96 valence electrons. The third-order valence-corrected chi connectivity index (χ3v) is 3.86. The van der Waals surface area contributed by atoms with E-state index in [1.807, 2.05) is 7.05 Å². The van der Waals surface area contributed by atoms with Crippen LogP contribution in [-0.2, 0) is 0 Å². The van der Waals surface area contributed by atoms with Gasteiger partial charge in [-0.2, -0.15) is 0 Å². The second kappa shape index (κ2) is 7.02. The molecule has 3 heteroatoms. The topological polar surface area (TPSA) is 15.3 Å². The van der Waals surface area contributed by atoms with E-state index >= 15 is 0 Å². The minimum absolute atomic E-state index is 0.374. The highest BCUT2D eigenvalue weighted by molar-refractivity contribution is 9.10. The van der Waals surface area contributed by atoms with Crippen molar-refractivity contribution in [1.82, 2.24) is 5.32 Å². The summed E-state index contributed by atoms with van der Waals surface area (Å²) in [4.78, 5) is 2.31. The molecule has 0 fully saturated rings. The van der Waals surface area contributed by atoms with Gasteiger partial charge in [0.05, 0.1) is 0 Å². The van der Waals surface area contributed by atoms with Gasteiger partial charge in [0.2, 0.25) is 0 Å². The Morgan fingerprint density at radius 3 is 2.65 bits per heavy atom. The van der Waals surface area contributed by atoms with E-state index in [-0.39, 0.29) is 0 Å². The molecule has 0 spiro atoms. The number of benzene rings is 1. The predicted octanol–water partition coefficient (Wildman–Crippen LogP) is 3.97. The van der Waals surface area contributed by atoms with Crippen molar-refractivity contribution in [3.8, 4) is 0 Å². The molecular weight excluding hydrogens is 276 g/mol. The smallest absolute Gasteiger partial charge is 0.0375 e. The maximum Gasteiger partial charge on any atom is 0.0375 e. The molecule has 1 aromatic carbocycles. The monoisotopic (exact) mass is 298 g/mol. The predicted molar refractivity (Wildman–Crippen MR) is 79.8 cm³/mol. The van der Waals surface area contributed by atoms with Crippen molar-refractivity contribution < 1.29 is 0 Å². The molecular formula is C14H23BrN2. The maximum atomic E-state index is 3.66. The van der Waals surface area contributed by atoms with E-state index in [1.54, 1.807) is 0 Å². The fourth-order valence-electron chi connectivity index (χ4n) is 1.78. The molecule has 0 amide bonds. The van der Waals surface area contributed by atoms with Gasteiger partial charge in [-0.15, -0.1) is 0 Å². The van der Waals surface area contributed by atoms with Crippen molar-refractivity contribution in [2.45, 2.75) is 32.7 Å². The van der Waals surface area contributed by atoms with Gasteiger partial charge in [0.25, 0.3) is 0 Å². The number of hydrogen-bond donors (Lipinski definition) is 1. The van der Waals surface area contributed by atoms with Crippen molar-refractivity contribution in [3.05, 3.63) is 28.2 Å². The van der Waals surface area contributed by atoms with Crippen molar-refractivity contribution in [1.29, 1.82) is 0 Å². The molecule has 0 radical (unpaired) electrons. The Morgan fingerprint density at radius 2 is 2.12 bits per heavy atom. The van der Waals surface area contributed by atoms with Gasteiger partial charge in [-0.1, -0.05) is 35.3 Å². The lowest BCUT2D eigenvalue weighted by atomic mass is 10.1. The minimum atomic E-state index is 0.374. The highest BCUT2D eigenvalue weighted by atomic mass is 79.9. The molecule has 1 N–H and O–H groups in total. The maximum absolute atomic E-state index is 3.66. The van der Waals surface area contributed by atoms with Gasteiger partial charge >= 0.3 is 0 Å². The molecule has 0 saturated heterocycles. The first kappa shape index (κ1) is 14.5. The molecule has 0 aliphatic carbocycles. The summed E-state index contributed by atoms with van der Waals surface area (Å²) in [7, 11) is 4.14. The van der Waals surface area contributed by atoms with Gasteiger partial charge < -0.3 is 10.2 Å². The van der Waals surface area contributed by atoms with Crippen LogP contribution in [0.2, 0.25) is 0 Å². The summed E-state index contributed by atoms with van der Waals surface area (Å²) in [6, 6.07) is 6.98. The van der Waals surface area contributed by atoms with Crippen molar-refractivity contribution in [2.24, 2.45) is 0 Å². The Bertz CT molecular complexity index is 352. The van der Waals surface area contributed by atoms with Crippen LogP contribution in [0.15, 0.2) is 22.7 Å². The molecule has 0 aliphatic heterocycles. The Balaban J connectivity index is 2.81. The first-order chi connectivity index (χ1) is 8.10. The van der Waals surface area contributed by atoms with E-state index in [2.05, 4.69) is 65.2 Å². The Labute approximate surface area is 114 Å². The summed E-state index contributed by atoms with van der Waals surface area (Å²) in [5.74, 6) is 0. The minimum Gasteiger partial charge on any atom is -0.375 e. The van der Waals surface area contributed by atoms with Gasteiger partial charge in [-0.25, -0.2) is 0 Å². The van der Waals surface area contributed by atoms with E-state index in [0.29, 0.717) is 6.04 Å². The van der Waals surface area contributed by atoms with Crippen LogP contribution in [0, 0.1) is 0 Å². The molecule has 2 nitrogen and oxygen atoms in total. The van der Waals surface area contributed by atoms with Crippen LogP contribution in [-0.4, -0.2) is 20.6 Å². The summed E-state index contributed by atoms with van der Waals surface area (Å²) in [6.07, 6.45) is 2.48.